The van der Waals surface area contributed by atoms with Gasteiger partial charge in [-0.3, -0.25) is 0 Å². The molecule has 1 aromatic heterocycles. The molecule has 1 unspecified atom stereocenters. The second-order valence-electron chi connectivity index (χ2n) is 5.65. The van der Waals surface area contributed by atoms with E-state index in [2.05, 4.69) is 4.74 Å². The minimum atomic E-state index is -1.57. The van der Waals surface area contributed by atoms with Crippen LogP contribution in [-0.4, -0.2) is 68.0 Å². The Morgan fingerprint density at radius 1 is 1.04 bits per heavy atom. The molecule has 1 aliphatic heterocycles. The molecule has 138 valence electrons. The third kappa shape index (κ3) is 4.34. The highest BCUT2D eigenvalue weighted by Crippen LogP contribution is 2.21. The van der Waals surface area contributed by atoms with E-state index in [-0.39, 0.29) is 5.75 Å². The number of phenolic OH excluding ortho intramolecular Hbond substituents is 1. The molecule has 0 bridgehead atoms. The van der Waals surface area contributed by atoms with Crippen molar-refractivity contribution in [2.75, 3.05) is 6.61 Å². The second kappa shape index (κ2) is 7.91. The number of fused-ring (bicyclic) bond motifs is 1. The topological polar surface area (TPSA) is 161 Å². The summed E-state index contributed by atoms with van der Waals surface area (Å²) in [6.45, 7) is 1.30. The number of aliphatic hydroxyl groups is 5. The number of ether oxygens (including phenoxy) is 1. The Morgan fingerprint density at radius 3 is 2.36 bits per heavy atom. The molecule has 0 spiro atoms. The summed E-state index contributed by atoms with van der Waals surface area (Å²) < 4.78 is 9.48. The number of hydrogen-bond donors (Lipinski definition) is 6. The Balaban J connectivity index is 0.000000181. The summed E-state index contributed by atoms with van der Waals surface area (Å²) in [7, 11) is 0. The van der Waals surface area contributed by atoms with Gasteiger partial charge in [0.25, 0.3) is 0 Å². The van der Waals surface area contributed by atoms with Crippen LogP contribution in [0.15, 0.2) is 33.5 Å². The zero-order valence-electron chi connectivity index (χ0n) is 13.3. The fraction of sp³-hybridized carbons (Fsp3) is 0.438. The van der Waals surface area contributed by atoms with E-state index in [4.69, 9.17) is 35.1 Å². The molecule has 2 heterocycles. The molecule has 9 heteroatoms. The van der Waals surface area contributed by atoms with E-state index in [1.54, 1.807) is 12.1 Å². The Bertz CT molecular complexity index is 767. The minimum absolute atomic E-state index is 0.0984. The van der Waals surface area contributed by atoms with Crippen LogP contribution in [0.3, 0.4) is 0 Å². The lowest BCUT2D eigenvalue weighted by Crippen LogP contribution is -2.58. The third-order valence-electron chi connectivity index (χ3n) is 3.80. The van der Waals surface area contributed by atoms with Crippen molar-refractivity contribution in [3.8, 4) is 5.75 Å². The van der Waals surface area contributed by atoms with E-state index in [1.807, 2.05) is 6.92 Å². The average molecular weight is 356 g/mol. The summed E-state index contributed by atoms with van der Waals surface area (Å²) in [6.07, 6.45) is -7.04. The molecular weight excluding hydrogens is 336 g/mol. The molecule has 0 radical (unpaired) electrons. The summed E-state index contributed by atoms with van der Waals surface area (Å²) in [5, 5.41) is 54.7. The predicted molar refractivity (Wildman–Crippen MR) is 84.9 cm³/mol. The van der Waals surface area contributed by atoms with Crippen molar-refractivity contribution in [1.82, 2.24) is 0 Å². The molecule has 9 nitrogen and oxygen atoms in total. The summed E-state index contributed by atoms with van der Waals surface area (Å²) in [5.41, 5.74) is 0.881. The van der Waals surface area contributed by atoms with Crippen LogP contribution >= 0.6 is 0 Å². The normalized spacial score (nSPS) is 29.1. The standard InChI is InChI=1S/C10H8O3.C6H12O6/c1-6-4-10(12)13-9-5-7(11)2-3-8(6)9;7-1-2-3(8)4(9)5(10)6(11)12-2/h2-5,11H,1H3;2-11H,1H2/t;2-,3-,4+,5-,6?/m.1/s1. The lowest BCUT2D eigenvalue weighted by atomic mass is 10.00. The lowest BCUT2D eigenvalue weighted by molar-refractivity contribution is -0.286. The van der Waals surface area contributed by atoms with E-state index in [1.165, 1.54) is 12.1 Å². The van der Waals surface area contributed by atoms with E-state index in [0.29, 0.717) is 5.58 Å². The van der Waals surface area contributed by atoms with Gasteiger partial charge < -0.3 is 39.8 Å². The zero-order valence-corrected chi connectivity index (χ0v) is 13.3. The summed E-state index contributed by atoms with van der Waals surface area (Å²) >= 11 is 0. The molecule has 1 aliphatic rings. The number of aromatic hydroxyl groups is 1. The van der Waals surface area contributed by atoms with Gasteiger partial charge in [-0.25, -0.2) is 4.79 Å². The summed E-state index contributed by atoms with van der Waals surface area (Å²) in [4.78, 5) is 11.0. The molecule has 1 saturated heterocycles. The van der Waals surface area contributed by atoms with Crippen LogP contribution in [0.4, 0.5) is 0 Å². The number of aliphatic hydroxyl groups excluding tert-OH is 5. The van der Waals surface area contributed by atoms with Gasteiger partial charge in [-0.05, 0) is 24.6 Å². The first-order valence-corrected chi connectivity index (χ1v) is 7.46. The smallest absolute Gasteiger partial charge is 0.336 e. The van der Waals surface area contributed by atoms with Crippen molar-refractivity contribution in [1.29, 1.82) is 0 Å². The molecule has 1 fully saturated rings. The molecular formula is C16H20O9. The van der Waals surface area contributed by atoms with Crippen molar-refractivity contribution in [2.45, 2.75) is 37.6 Å². The maximum Gasteiger partial charge on any atom is 0.336 e. The Hall–Kier alpha value is -2.01. The highest BCUT2D eigenvalue weighted by molar-refractivity contribution is 5.81. The monoisotopic (exact) mass is 356 g/mol. The van der Waals surface area contributed by atoms with E-state index in [0.717, 1.165) is 10.9 Å². The Morgan fingerprint density at radius 2 is 1.72 bits per heavy atom. The van der Waals surface area contributed by atoms with Crippen LogP contribution in [0.1, 0.15) is 5.56 Å². The third-order valence-corrected chi connectivity index (χ3v) is 3.80. The molecule has 0 saturated carbocycles. The number of benzene rings is 1. The van der Waals surface area contributed by atoms with E-state index < -0.39 is 42.9 Å². The Labute approximate surface area is 142 Å². The lowest BCUT2D eigenvalue weighted by Gasteiger charge is -2.37. The summed E-state index contributed by atoms with van der Waals surface area (Å²) in [6, 6.07) is 6.15. The van der Waals surface area contributed by atoms with Crippen LogP contribution in [0, 0.1) is 6.92 Å². The van der Waals surface area contributed by atoms with Gasteiger partial charge in [0.2, 0.25) is 0 Å². The zero-order chi connectivity index (χ0) is 18.7. The molecule has 6 N–H and O–H groups in total. The first-order valence-electron chi connectivity index (χ1n) is 7.46. The van der Waals surface area contributed by atoms with Crippen molar-refractivity contribution >= 4 is 11.0 Å². The predicted octanol–water partition coefficient (Wildman–Crippen LogP) is -1.41. The molecule has 5 atom stereocenters. The molecule has 0 aliphatic carbocycles. The van der Waals surface area contributed by atoms with Crippen LogP contribution in [0.5, 0.6) is 5.75 Å². The van der Waals surface area contributed by atoms with Gasteiger partial charge >= 0.3 is 5.63 Å². The maximum absolute atomic E-state index is 11.0. The van der Waals surface area contributed by atoms with Crippen LogP contribution < -0.4 is 5.63 Å². The van der Waals surface area contributed by atoms with Gasteiger partial charge in [-0.1, -0.05) is 0 Å². The van der Waals surface area contributed by atoms with E-state index in [9.17, 15) is 4.79 Å². The number of phenols is 1. The highest BCUT2D eigenvalue weighted by atomic mass is 16.6. The van der Waals surface area contributed by atoms with Crippen molar-refractivity contribution in [2.24, 2.45) is 0 Å². The maximum atomic E-state index is 11.0. The molecule has 1 aromatic carbocycles. The SMILES string of the molecule is Cc1cc(=O)oc2cc(O)ccc12.OC[C@H]1OC(O)[C@H](O)[C@@H](O)[C@@H]1O. The van der Waals surface area contributed by atoms with Crippen LogP contribution in [0.2, 0.25) is 0 Å². The van der Waals surface area contributed by atoms with Crippen molar-refractivity contribution in [3.63, 3.8) is 0 Å². The number of rotatable bonds is 1. The fourth-order valence-corrected chi connectivity index (χ4v) is 2.40. The number of hydrogen-bond acceptors (Lipinski definition) is 9. The fourth-order valence-electron chi connectivity index (χ4n) is 2.40. The van der Waals surface area contributed by atoms with Crippen molar-refractivity contribution in [3.05, 3.63) is 40.2 Å². The first-order chi connectivity index (χ1) is 11.7. The van der Waals surface area contributed by atoms with Crippen molar-refractivity contribution < 1.29 is 39.8 Å². The molecule has 25 heavy (non-hydrogen) atoms. The second-order valence-corrected chi connectivity index (χ2v) is 5.65. The van der Waals surface area contributed by atoms with Gasteiger partial charge in [0.15, 0.2) is 6.29 Å². The van der Waals surface area contributed by atoms with Gasteiger partial charge in [0.1, 0.15) is 35.7 Å². The van der Waals surface area contributed by atoms with Crippen LogP contribution in [0.25, 0.3) is 11.0 Å². The van der Waals surface area contributed by atoms with Gasteiger partial charge in [0, 0.05) is 17.5 Å². The largest absolute Gasteiger partial charge is 0.508 e. The quantitative estimate of drug-likeness (QED) is 0.337. The van der Waals surface area contributed by atoms with Gasteiger partial charge in [-0.15, -0.1) is 0 Å². The van der Waals surface area contributed by atoms with Gasteiger partial charge in [0.05, 0.1) is 6.61 Å². The van der Waals surface area contributed by atoms with E-state index >= 15 is 0 Å². The number of aryl methyl sites for hydroxylation is 1. The Kier molecular flexibility index (Phi) is 6.11. The molecule has 3 rings (SSSR count). The van der Waals surface area contributed by atoms with Gasteiger partial charge in [-0.2, -0.15) is 0 Å². The first kappa shape index (κ1) is 19.3. The molecule has 0 amide bonds. The molecule has 2 aromatic rings. The average Bonchev–Trinajstić information content (AvgIpc) is 2.56. The highest BCUT2D eigenvalue weighted by Gasteiger charge is 2.42. The van der Waals surface area contributed by atoms with Crippen LogP contribution in [-0.2, 0) is 4.74 Å². The summed E-state index contributed by atoms with van der Waals surface area (Å²) in [5.74, 6) is 0.0984. The minimum Gasteiger partial charge on any atom is -0.508 e.